The highest BCUT2D eigenvalue weighted by Crippen LogP contribution is 2.21. The lowest BCUT2D eigenvalue weighted by atomic mass is 10.3. The lowest BCUT2D eigenvalue weighted by molar-refractivity contribution is 0.152. The van der Waals surface area contributed by atoms with Crippen LogP contribution in [-0.2, 0) is 17.7 Å². The molecule has 1 aromatic carbocycles. The molecule has 108 valence electrons. The van der Waals surface area contributed by atoms with Gasteiger partial charge in [-0.15, -0.1) is 11.6 Å². The topological polar surface area (TPSA) is 70.1 Å². The van der Waals surface area contributed by atoms with Crippen molar-refractivity contribution in [1.29, 1.82) is 0 Å². The van der Waals surface area contributed by atoms with Crippen LogP contribution in [0.15, 0.2) is 12.1 Å². The fourth-order valence-corrected chi connectivity index (χ4v) is 2.13. The summed E-state index contributed by atoms with van der Waals surface area (Å²) in [4.78, 5) is 14.7. The molecular formula is C12H12ClF2N3O2. The van der Waals surface area contributed by atoms with E-state index in [4.69, 9.17) is 17.3 Å². The van der Waals surface area contributed by atoms with Crippen molar-refractivity contribution in [2.75, 3.05) is 12.5 Å². The number of benzene rings is 1. The van der Waals surface area contributed by atoms with Crippen molar-refractivity contribution in [3.05, 3.63) is 29.6 Å². The van der Waals surface area contributed by atoms with E-state index in [1.54, 1.807) is 4.57 Å². The van der Waals surface area contributed by atoms with Gasteiger partial charge in [0.25, 0.3) is 0 Å². The van der Waals surface area contributed by atoms with Crippen molar-refractivity contribution in [3.8, 4) is 0 Å². The van der Waals surface area contributed by atoms with Gasteiger partial charge in [-0.05, 0) is 6.07 Å². The minimum atomic E-state index is -0.911. The van der Waals surface area contributed by atoms with Gasteiger partial charge in [-0.1, -0.05) is 0 Å². The quantitative estimate of drug-likeness (QED) is 0.861. The molecule has 2 N–H and O–H groups in total. The molecule has 2 aromatic rings. The van der Waals surface area contributed by atoms with E-state index in [0.29, 0.717) is 12.2 Å². The lowest BCUT2D eigenvalue weighted by Crippen LogP contribution is -2.17. The Bertz CT molecular complexity index is 645. The fraction of sp³-hybridized carbons (Fsp3) is 0.333. The third-order valence-electron chi connectivity index (χ3n) is 2.73. The van der Waals surface area contributed by atoms with Crippen molar-refractivity contribution in [3.63, 3.8) is 0 Å². The largest absolute Gasteiger partial charge is 0.448 e. The molecule has 0 atom stereocenters. The van der Waals surface area contributed by atoms with E-state index in [1.807, 2.05) is 0 Å². The number of halogens is 3. The molecule has 0 saturated heterocycles. The van der Waals surface area contributed by atoms with Crippen LogP contribution in [0.3, 0.4) is 0 Å². The second-order valence-corrected chi connectivity index (χ2v) is 4.42. The van der Waals surface area contributed by atoms with Gasteiger partial charge in [0.15, 0.2) is 5.82 Å². The number of aryl methyl sites for hydroxylation is 1. The van der Waals surface area contributed by atoms with Crippen molar-refractivity contribution in [2.45, 2.75) is 13.0 Å². The number of imidazole rings is 1. The Balaban J connectivity index is 2.42. The Morgan fingerprint density at radius 1 is 1.45 bits per heavy atom. The Hall–Kier alpha value is -1.89. The SMILES string of the molecule is NC(=O)OCCn1c(CCCl)nc2c(F)cc(F)cc21. The van der Waals surface area contributed by atoms with Crippen LogP contribution in [0, 0.1) is 11.6 Å². The molecule has 0 aliphatic heterocycles. The Kier molecular flexibility index (Phi) is 4.39. The number of nitrogens with two attached hydrogens (primary N) is 1. The van der Waals surface area contributed by atoms with Crippen LogP contribution >= 0.6 is 11.6 Å². The number of nitrogens with zero attached hydrogens (tertiary/aromatic N) is 2. The molecule has 0 aliphatic carbocycles. The monoisotopic (exact) mass is 303 g/mol. The van der Waals surface area contributed by atoms with Crippen LogP contribution in [0.25, 0.3) is 11.0 Å². The van der Waals surface area contributed by atoms with Crippen LogP contribution in [-0.4, -0.2) is 28.1 Å². The minimum absolute atomic E-state index is 0.0196. The molecule has 0 spiro atoms. The molecule has 0 saturated carbocycles. The molecule has 1 aromatic heterocycles. The first-order chi connectivity index (χ1) is 9.52. The van der Waals surface area contributed by atoms with E-state index in [-0.39, 0.29) is 30.1 Å². The number of ether oxygens (including phenoxy) is 1. The molecule has 0 bridgehead atoms. The van der Waals surface area contributed by atoms with Gasteiger partial charge in [-0.25, -0.2) is 18.6 Å². The maximum Gasteiger partial charge on any atom is 0.404 e. The first-order valence-electron chi connectivity index (χ1n) is 5.85. The van der Waals surface area contributed by atoms with Crippen LogP contribution in [0.2, 0.25) is 0 Å². The summed E-state index contributed by atoms with van der Waals surface area (Å²) in [5, 5.41) is 0. The second-order valence-electron chi connectivity index (χ2n) is 4.04. The smallest absolute Gasteiger partial charge is 0.404 e. The van der Waals surface area contributed by atoms with Gasteiger partial charge in [-0.3, -0.25) is 0 Å². The van der Waals surface area contributed by atoms with Gasteiger partial charge in [0.05, 0.1) is 12.1 Å². The molecule has 2 rings (SSSR count). The van der Waals surface area contributed by atoms with Gasteiger partial charge in [0, 0.05) is 18.4 Å². The number of carbonyl (C=O) groups is 1. The van der Waals surface area contributed by atoms with Crippen molar-refractivity contribution in [1.82, 2.24) is 9.55 Å². The lowest BCUT2D eigenvalue weighted by Gasteiger charge is -2.08. The number of carbonyl (C=O) groups excluding carboxylic acids is 1. The van der Waals surface area contributed by atoms with Crippen molar-refractivity contribution in [2.24, 2.45) is 5.73 Å². The van der Waals surface area contributed by atoms with Crippen LogP contribution in [0.5, 0.6) is 0 Å². The second kappa shape index (κ2) is 6.04. The number of hydrogen-bond donors (Lipinski definition) is 1. The zero-order valence-electron chi connectivity index (χ0n) is 10.4. The molecule has 0 fully saturated rings. The van der Waals surface area contributed by atoms with E-state index in [9.17, 15) is 13.6 Å². The number of alkyl halides is 1. The van der Waals surface area contributed by atoms with Crippen molar-refractivity contribution < 1.29 is 18.3 Å². The van der Waals surface area contributed by atoms with E-state index in [1.165, 1.54) is 6.07 Å². The normalized spacial score (nSPS) is 10.9. The van der Waals surface area contributed by atoms with Crippen molar-refractivity contribution >= 4 is 28.7 Å². The average molecular weight is 304 g/mol. The third-order valence-corrected chi connectivity index (χ3v) is 2.92. The molecule has 0 unspecified atom stereocenters. The summed E-state index contributed by atoms with van der Waals surface area (Å²) in [6.07, 6.45) is -0.529. The van der Waals surface area contributed by atoms with Gasteiger partial charge in [0.1, 0.15) is 23.8 Å². The van der Waals surface area contributed by atoms with Crippen LogP contribution in [0.4, 0.5) is 13.6 Å². The summed E-state index contributed by atoms with van der Waals surface area (Å²) in [6, 6.07) is 1.94. The third kappa shape index (κ3) is 2.98. The predicted octanol–water partition coefficient (Wildman–Crippen LogP) is 2.19. The van der Waals surface area contributed by atoms with Gasteiger partial charge < -0.3 is 15.0 Å². The number of aromatic nitrogens is 2. The number of hydrogen-bond acceptors (Lipinski definition) is 3. The number of primary amides is 1. The maximum absolute atomic E-state index is 13.7. The highest BCUT2D eigenvalue weighted by Gasteiger charge is 2.15. The number of fused-ring (bicyclic) bond motifs is 1. The van der Waals surface area contributed by atoms with Gasteiger partial charge in [0.2, 0.25) is 0 Å². The number of rotatable bonds is 5. The molecule has 8 heteroatoms. The summed E-state index contributed by atoms with van der Waals surface area (Å²) in [6.45, 7) is 0.169. The van der Waals surface area contributed by atoms with Gasteiger partial charge >= 0.3 is 6.09 Å². The maximum atomic E-state index is 13.7. The van der Waals surface area contributed by atoms with E-state index in [2.05, 4.69) is 9.72 Å². The van der Waals surface area contributed by atoms with E-state index in [0.717, 1.165) is 6.07 Å². The number of amides is 1. The zero-order chi connectivity index (χ0) is 14.7. The molecule has 0 radical (unpaired) electrons. The molecule has 5 nitrogen and oxygen atoms in total. The van der Waals surface area contributed by atoms with Crippen LogP contribution < -0.4 is 5.73 Å². The van der Waals surface area contributed by atoms with Crippen LogP contribution in [0.1, 0.15) is 5.82 Å². The Morgan fingerprint density at radius 2 is 2.20 bits per heavy atom. The first kappa shape index (κ1) is 14.5. The summed E-state index contributed by atoms with van der Waals surface area (Å²) in [5.41, 5.74) is 5.21. The average Bonchev–Trinajstić information content (AvgIpc) is 2.68. The fourth-order valence-electron chi connectivity index (χ4n) is 1.96. The molecular weight excluding hydrogens is 292 g/mol. The standard InChI is InChI=1S/C12H12ClF2N3O2/c13-2-1-10-17-11-8(15)5-7(14)6-9(11)18(10)3-4-20-12(16)19/h5-6H,1-4H2,(H2,16,19). The first-order valence-corrected chi connectivity index (χ1v) is 6.38. The highest BCUT2D eigenvalue weighted by atomic mass is 35.5. The Labute approximate surface area is 118 Å². The minimum Gasteiger partial charge on any atom is -0.448 e. The molecule has 20 heavy (non-hydrogen) atoms. The summed E-state index contributed by atoms with van der Waals surface area (Å²) in [7, 11) is 0. The molecule has 1 heterocycles. The van der Waals surface area contributed by atoms with E-state index >= 15 is 0 Å². The summed E-state index contributed by atoms with van der Waals surface area (Å²) in [5.74, 6) is -0.674. The summed E-state index contributed by atoms with van der Waals surface area (Å²) >= 11 is 5.66. The predicted molar refractivity (Wildman–Crippen MR) is 69.6 cm³/mol. The molecule has 1 amide bonds. The highest BCUT2D eigenvalue weighted by molar-refractivity contribution is 6.17. The Morgan fingerprint density at radius 3 is 2.85 bits per heavy atom. The zero-order valence-corrected chi connectivity index (χ0v) is 11.2. The molecule has 0 aliphatic rings. The van der Waals surface area contributed by atoms with E-state index < -0.39 is 17.7 Å². The summed E-state index contributed by atoms with van der Waals surface area (Å²) < 4.78 is 33.2. The van der Waals surface area contributed by atoms with Gasteiger partial charge in [-0.2, -0.15) is 0 Å².